The minimum absolute atomic E-state index is 1.17. The zero-order chi connectivity index (χ0) is 20.0. The number of rotatable bonds is 16. The van der Waals surface area contributed by atoms with Crippen molar-refractivity contribution < 1.29 is 0 Å². The van der Waals surface area contributed by atoms with Gasteiger partial charge in [-0.15, -0.1) is 0 Å². The van der Waals surface area contributed by atoms with E-state index in [0.29, 0.717) is 0 Å². The Morgan fingerprint density at radius 2 is 1.11 bits per heavy atom. The van der Waals surface area contributed by atoms with Crippen LogP contribution in [0.5, 0.6) is 0 Å². The van der Waals surface area contributed by atoms with Crippen LogP contribution in [-0.4, -0.2) is 24.5 Å². The summed E-state index contributed by atoms with van der Waals surface area (Å²) in [6.45, 7) is 14.4. The lowest BCUT2D eigenvalue weighted by Crippen LogP contribution is -2.25. The fourth-order valence-corrected chi connectivity index (χ4v) is 3.25. The molecule has 0 bridgehead atoms. The maximum Gasteiger partial charge on any atom is -0.00189 e. The van der Waals surface area contributed by atoms with Gasteiger partial charge in [0.2, 0.25) is 0 Å². The van der Waals surface area contributed by atoms with Gasteiger partial charge in [-0.3, -0.25) is 0 Å². The quantitative estimate of drug-likeness (QED) is 0.263. The van der Waals surface area contributed by atoms with Crippen LogP contribution in [0.4, 0.5) is 0 Å². The Kier molecular flexibility index (Phi) is 20.4. The van der Waals surface area contributed by atoms with E-state index in [0.717, 1.165) is 0 Å². The monoisotopic (exact) mass is 373 g/mol. The van der Waals surface area contributed by atoms with E-state index in [4.69, 9.17) is 0 Å². The van der Waals surface area contributed by atoms with Crippen LogP contribution in [0, 0.1) is 0 Å². The molecule has 0 saturated heterocycles. The fraction of sp³-hybridized carbons (Fsp3) is 0.692. The molecule has 0 aliphatic heterocycles. The minimum Gasteiger partial charge on any atom is -0.304 e. The molecule has 0 radical (unpaired) electrons. The Morgan fingerprint density at radius 3 is 1.48 bits per heavy atom. The molecule has 1 aromatic rings. The summed E-state index contributed by atoms with van der Waals surface area (Å²) >= 11 is 0. The SMILES string of the molecule is C=Cc1ccccc1.CCCCCCCCN(CC)CCCCCCCC. The molecule has 0 atom stereocenters. The van der Waals surface area contributed by atoms with Crippen molar-refractivity contribution in [2.24, 2.45) is 0 Å². The van der Waals surface area contributed by atoms with Crippen LogP contribution in [0.15, 0.2) is 36.9 Å². The van der Waals surface area contributed by atoms with Gasteiger partial charge < -0.3 is 4.90 Å². The summed E-state index contributed by atoms with van der Waals surface area (Å²) in [5.41, 5.74) is 1.17. The summed E-state index contributed by atoms with van der Waals surface area (Å²) in [6.07, 6.45) is 18.9. The fourth-order valence-electron chi connectivity index (χ4n) is 3.25. The minimum atomic E-state index is 1.17. The second-order valence-electron chi connectivity index (χ2n) is 7.58. The third kappa shape index (κ3) is 18.1. The molecule has 0 saturated carbocycles. The number of unbranched alkanes of at least 4 members (excludes halogenated alkanes) is 10. The van der Waals surface area contributed by atoms with E-state index < -0.39 is 0 Å². The molecule has 27 heavy (non-hydrogen) atoms. The second-order valence-corrected chi connectivity index (χ2v) is 7.58. The average Bonchev–Trinajstić information content (AvgIpc) is 2.72. The van der Waals surface area contributed by atoms with E-state index in [1.807, 2.05) is 36.4 Å². The van der Waals surface area contributed by atoms with Crippen LogP contribution in [-0.2, 0) is 0 Å². The predicted octanol–water partition coefficient (Wildman–Crippen LogP) is 8.36. The van der Waals surface area contributed by atoms with Crippen molar-refractivity contribution in [1.29, 1.82) is 0 Å². The predicted molar refractivity (Wildman–Crippen MR) is 125 cm³/mol. The lowest BCUT2D eigenvalue weighted by molar-refractivity contribution is 0.273. The van der Waals surface area contributed by atoms with Crippen molar-refractivity contribution in [1.82, 2.24) is 4.90 Å². The van der Waals surface area contributed by atoms with Crippen LogP contribution >= 0.6 is 0 Å². The highest BCUT2D eigenvalue weighted by molar-refractivity contribution is 5.45. The Balaban J connectivity index is 0.000000694. The Morgan fingerprint density at radius 1 is 0.667 bits per heavy atom. The van der Waals surface area contributed by atoms with Crippen molar-refractivity contribution in [3.05, 3.63) is 42.5 Å². The lowest BCUT2D eigenvalue weighted by Gasteiger charge is -2.20. The molecule has 1 aromatic carbocycles. The van der Waals surface area contributed by atoms with Gasteiger partial charge in [-0.1, -0.05) is 128 Å². The van der Waals surface area contributed by atoms with Gasteiger partial charge in [-0.25, -0.2) is 0 Å². The molecule has 1 nitrogen and oxygen atoms in total. The van der Waals surface area contributed by atoms with Crippen LogP contribution in [0.3, 0.4) is 0 Å². The third-order valence-corrected chi connectivity index (χ3v) is 5.14. The van der Waals surface area contributed by atoms with Crippen molar-refractivity contribution in [2.45, 2.75) is 97.8 Å². The van der Waals surface area contributed by atoms with Gasteiger partial charge in [0.1, 0.15) is 0 Å². The number of hydrogen-bond donors (Lipinski definition) is 0. The van der Waals surface area contributed by atoms with Gasteiger partial charge in [-0.2, -0.15) is 0 Å². The first kappa shape index (κ1) is 25.9. The lowest BCUT2D eigenvalue weighted by atomic mass is 10.1. The number of hydrogen-bond acceptors (Lipinski definition) is 1. The molecule has 0 heterocycles. The maximum absolute atomic E-state index is 3.63. The first-order valence-electron chi connectivity index (χ1n) is 11.7. The van der Waals surface area contributed by atoms with E-state index in [9.17, 15) is 0 Å². The molecule has 0 aliphatic carbocycles. The van der Waals surface area contributed by atoms with Crippen LogP contribution in [0.25, 0.3) is 6.08 Å². The van der Waals surface area contributed by atoms with Crippen LogP contribution < -0.4 is 0 Å². The van der Waals surface area contributed by atoms with Gasteiger partial charge in [0, 0.05) is 0 Å². The second kappa shape index (κ2) is 21.2. The number of nitrogens with zero attached hydrogens (tertiary/aromatic N) is 1. The molecule has 0 fully saturated rings. The average molecular weight is 374 g/mol. The Bertz CT molecular complexity index is 382. The summed E-state index contributed by atoms with van der Waals surface area (Å²) in [6, 6.07) is 10.0. The van der Waals surface area contributed by atoms with Crippen LogP contribution in [0.2, 0.25) is 0 Å². The van der Waals surface area contributed by atoms with Crippen LogP contribution in [0.1, 0.15) is 103 Å². The van der Waals surface area contributed by atoms with Gasteiger partial charge in [0.25, 0.3) is 0 Å². The van der Waals surface area contributed by atoms with E-state index in [-0.39, 0.29) is 0 Å². The van der Waals surface area contributed by atoms with Gasteiger partial charge >= 0.3 is 0 Å². The summed E-state index contributed by atoms with van der Waals surface area (Å²) in [4.78, 5) is 2.65. The normalized spacial score (nSPS) is 10.5. The van der Waals surface area contributed by atoms with Gasteiger partial charge in [0.05, 0.1) is 0 Å². The zero-order valence-electron chi connectivity index (χ0n) is 18.7. The standard InChI is InChI=1S/C18H39N.C8H8/c1-4-7-9-11-13-15-17-19(6-3)18-16-14-12-10-8-5-2;1-2-8-6-4-3-5-7-8/h4-18H2,1-3H3;2-7H,1H2. The highest BCUT2D eigenvalue weighted by atomic mass is 15.1. The molecule has 156 valence electrons. The highest BCUT2D eigenvalue weighted by Gasteiger charge is 2.01. The molecule has 1 heteroatoms. The zero-order valence-corrected chi connectivity index (χ0v) is 18.7. The van der Waals surface area contributed by atoms with E-state index >= 15 is 0 Å². The van der Waals surface area contributed by atoms with E-state index in [1.165, 1.54) is 102 Å². The number of benzene rings is 1. The molecule has 0 aromatic heterocycles. The molecular formula is C26H47N. The van der Waals surface area contributed by atoms with E-state index in [1.54, 1.807) is 0 Å². The highest BCUT2D eigenvalue weighted by Crippen LogP contribution is 2.08. The summed E-state index contributed by atoms with van der Waals surface area (Å²) < 4.78 is 0. The molecule has 0 spiro atoms. The first-order valence-corrected chi connectivity index (χ1v) is 11.7. The van der Waals surface area contributed by atoms with Gasteiger partial charge in [0.15, 0.2) is 0 Å². The van der Waals surface area contributed by atoms with Crippen molar-refractivity contribution in [3.63, 3.8) is 0 Å². The molecule has 0 unspecified atom stereocenters. The third-order valence-electron chi connectivity index (χ3n) is 5.14. The largest absolute Gasteiger partial charge is 0.304 e. The Labute approximate surface area is 171 Å². The van der Waals surface area contributed by atoms with E-state index in [2.05, 4.69) is 32.3 Å². The molecule has 0 aliphatic rings. The maximum atomic E-state index is 3.63. The summed E-state index contributed by atoms with van der Waals surface area (Å²) in [5.74, 6) is 0. The molecular weight excluding hydrogens is 326 g/mol. The molecule has 0 amide bonds. The summed E-state index contributed by atoms with van der Waals surface area (Å²) in [7, 11) is 0. The molecule has 1 rings (SSSR count). The Hall–Kier alpha value is -1.08. The molecule has 0 N–H and O–H groups in total. The van der Waals surface area contributed by atoms with Crippen molar-refractivity contribution >= 4 is 6.08 Å². The van der Waals surface area contributed by atoms with Crippen molar-refractivity contribution in [3.8, 4) is 0 Å². The first-order chi connectivity index (χ1) is 13.3. The van der Waals surface area contributed by atoms with Crippen molar-refractivity contribution in [2.75, 3.05) is 19.6 Å². The summed E-state index contributed by atoms with van der Waals surface area (Å²) in [5, 5.41) is 0. The smallest absolute Gasteiger partial charge is 0.00189 e. The topological polar surface area (TPSA) is 3.24 Å². The van der Waals surface area contributed by atoms with Gasteiger partial charge in [-0.05, 0) is 38.0 Å².